The summed E-state index contributed by atoms with van der Waals surface area (Å²) in [4.78, 5) is 12.1. The van der Waals surface area contributed by atoms with Crippen molar-refractivity contribution in [2.24, 2.45) is 7.05 Å². The van der Waals surface area contributed by atoms with Gasteiger partial charge in [0.2, 0.25) is 0 Å². The number of hydrogen-bond acceptors (Lipinski definition) is 3. The fraction of sp³-hybridized carbons (Fsp3) is 0.250. The molecule has 1 aromatic carbocycles. The molecular weight excluding hydrogens is 218 g/mol. The molecule has 2 N–H and O–H groups in total. The molecule has 0 saturated carbocycles. The maximum atomic E-state index is 12.1. The zero-order valence-corrected chi connectivity index (χ0v) is 10.1. The minimum atomic E-state index is -0.0989. The summed E-state index contributed by atoms with van der Waals surface area (Å²) < 4.78 is 3.33. The molecular formula is C12H15N3O2. The number of anilines is 1. The van der Waals surface area contributed by atoms with Crippen LogP contribution in [-0.4, -0.2) is 21.5 Å². The van der Waals surface area contributed by atoms with E-state index in [1.54, 1.807) is 40.7 Å². The highest BCUT2D eigenvalue weighted by Crippen LogP contribution is 2.16. The van der Waals surface area contributed by atoms with Crippen molar-refractivity contribution in [1.82, 2.24) is 9.36 Å². The van der Waals surface area contributed by atoms with Crippen molar-refractivity contribution in [3.05, 3.63) is 40.3 Å². The van der Waals surface area contributed by atoms with E-state index in [-0.39, 0.29) is 11.3 Å². The van der Waals surface area contributed by atoms with Gasteiger partial charge in [0.25, 0.3) is 5.56 Å². The van der Waals surface area contributed by atoms with Crippen LogP contribution in [-0.2, 0) is 7.05 Å². The minimum Gasteiger partial charge on any atom is -0.508 e. The Morgan fingerprint density at radius 2 is 1.82 bits per heavy atom. The fourth-order valence-electron chi connectivity index (χ4n) is 1.88. The number of aromatic hydroxyl groups is 1. The summed E-state index contributed by atoms with van der Waals surface area (Å²) in [5.41, 5.74) is 2.07. The Balaban J connectivity index is 2.68. The van der Waals surface area contributed by atoms with Gasteiger partial charge in [0, 0.05) is 14.1 Å². The van der Waals surface area contributed by atoms with Crippen LogP contribution in [0.3, 0.4) is 0 Å². The Morgan fingerprint density at radius 1 is 1.24 bits per heavy atom. The van der Waals surface area contributed by atoms with Crippen LogP contribution in [0.2, 0.25) is 0 Å². The lowest BCUT2D eigenvalue weighted by Crippen LogP contribution is -2.20. The van der Waals surface area contributed by atoms with Crippen LogP contribution in [0, 0.1) is 6.92 Å². The van der Waals surface area contributed by atoms with E-state index in [2.05, 4.69) is 5.32 Å². The van der Waals surface area contributed by atoms with Gasteiger partial charge in [-0.05, 0) is 31.2 Å². The highest BCUT2D eigenvalue weighted by molar-refractivity contribution is 5.49. The van der Waals surface area contributed by atoms with E-state index in [1.165, 1.54) is 0 Å². The molecule has 0 aliphatic heterocycles. The lowest BCUT2D eigenvalue weighted by Gasteiger charge is -2.07. The topological polar surface area (TPSA) is 59.2 Å². The van der Waals surface area contributed by atoms with E-state index in [0.717, 1.165) is 11.4 Å². The van der Waals surface area contributed by atoms with E-state index >= 15 is 0 Å². The first-order valence-electron chi connectivity index (χ1n) is 5.32. The Labute approximate surface area is 98.9 Å². The lowest BCUT2D eigenvalue weighted by molar-refractivity contribution is 0.475. The molecule has 0 unspecified atom stereocenters. The Hall–Kier alpha value is -2.17. The molecule has 0 fully saturated rings. The van der Waals surface area contributed by atoms with Gasteiger partial charge >= 0.3 is 0 Å². The number of hydrogen-bond donors (Lipinski definition) is 2. The zero-order valence-electron chi connectivity index (χ0n) is 10.1. The van der Waals surface area contributed by atoms with E-state index in [1.807, 2.05) is 14.0 Å². The van der Waals surface area contributed by atoms with Crippen molar-refractivity contribution in [2.45, 2.75) is 6.92 Å². The van der Waals surface area contributed by atoms with Gasteiger partial charge in [0.1, 0.15) is 11.4 Å². The molecule has 5 heteroatoms. The SMILES string of the molecule is CNc1c(C)n(C)n(-c2ccc(O)cc2)c1=O. The van der Waals surface area contributed by atoms with Crippen LogP contribution in [0.1, 0.15) is 5.69 Å². The van der Waals surface area contributed by atoms with Crippen LogP contribution >= 0.6 is 0 Å². The van der Waals surface area contributed by atoms with Crippen LogP contribution in [0.4, 0.5) is 5.69 Å². The largest absolute Gasteiger partial charge is 0.508 e. The first-order valence-corrected chi connectivity index (χ1v) is 5.32. The van der Waals surface area contributed by atoms with Gasteiger partial charge in [-0.2, -0.15) is 0 Å². The van der Waals surface area contributed by atoms with Gasteiger partial charge in [-0.25, -0.2) is 4.68 Å². The van der Waals surface area contributed by atoms with Crippen molar-refractivity contribution in [3.63, 3.8) is 0 Å². The number of nitrogens with one attached hydrogen (secondary N) is 1. The van der Waals surface area contributed by atoms with E-state index in [9.17, 15) is 9.90 Å². The Bertz CT molecular complexity index is 593. The molecule has 1 heterocycles. The molecule has 90 valence electrons. The molecule has 0 radical (unpaired) electrons. The fourth-order valence-corrected chi connectivity index (χ4v) is 1.88. The first-order chi connectivity index (χ1) is 8.06. The summed E-state index contributed by atoms with van der Waals surface area (Å²) in [6, 6.07) is 6.53. The summed E-state index contributed by atoms with van der Waals surface area (Å²) >= 11 is 0. The number of nitrogens with zero attached hydrogens (tertiary/aromatic N) is 2. The second-order valence-corrected chi connectivity index (χ2v) is 3.87. The van der Waals surface area contributed by atoms with Gasteiger partial charge in [-0.1, -0.05) is 0 Å². The molecule has 0 amide bonds. The maximum absolute atomic E-state index is 12.1. The number of phenols is 1. The molecule has 0 aliphatic rings. The quantitative estimate of drug-likeness (QED) is 0.820. The third kappa shape index (κ3) is 1.69. The van der Waals surface area contributed by atoms with Crippen LogP contribution in [0.15, 0.2) is 29.1 Å². The smallest absolute Gasteiger partial charge is 0.295 e. The van der Waals surface area contributed by atoms with Gasteiger partial charge in [-0.15, -0.1) is 0 Å². The van der Waals surface area contributed by atoms with Gasteiger partial charge in [0.15, 0.2) is 0 Å². The van der Waals surface area contributed by atoms with Crippen molar-refractivity contribution in [2.75, 3.05) is 12.4 Å². The number of benzene rings is 1. The van der Waals surface area contributed by atoms with Crippen molar-refractivity contribution in [3.8, 4) is 11.4 Å². The van der Waals surface area contributed by atoms with Gasteiger partial charge < -0.3 is 10.4 Å². The highest BCUT2D eigenvalue weighted by Gasteiger charge is 2.14. The molecule has 1 aromatic heterocycles. The van der Waals surface area contributed by atoms with Crippen LogP contribution < -0.4 is 10.9 Å². The van der Waals surface area contributed by atoms with Crippen LogP contribution in [0.25, 0.3) is 5.69 Å². The molecule has 0 spiro atoms. The van der Waals surface area contributed by atoms with Crippen molar-refractivity contribution < 1.29 is 5.11 Å². The Morgan fingerprint density at radius 3 is 2.29 bits per heavy atom. The summed E-state index contributed by atoms with van der Waals surface area (Å²) in [6.07, 6.45) is 0. The van der Waals surface area contributed by atoms with E-state index in [0.29, 0.717) is 5.69 Å². The highest BCUT2D eigenvalue weighted by atomic mass is 16.3. The molecule has 5 nitrogen and oxygen atoms in total. The van der Waals surface area contributed by atoms with Gasteiger partial charge in [-0.3, -0.25) is 9.48 Å². The number of phenolic OH excluding ortho intramolecular Hbond substituents is 1. The normalized spacial score (nSPS) is 10.5. The molecule has 2 aromatic rings. The second kappa shape index (κ2) is 4.01. The average molecular weight is 233 g/mol. The molecule has 2 rings (SSSR count). The molecule has 0 bridgehead atoms. The predicted octanol–water partition coefficient (Wildman–Crippen LogP) is 1.23. The summed E-state index contributed by atoms with van der Waals surface area (Å²) in [5.74, 6) is 0.182. The average Bonchev–Trinajstić information content (AvgIpc) is 2.52. The van der Waals surface area contributed by atoms with Crippen LogP contribution in [0.5, 0.6) is 5.75 Å². The van der Waals surface area contributed by atoms with Gasteiger partial charge in [0.05, 0.1) is 11.4 Å². The van der Waals surface area contributed by atoms with Crippen molar-refractivity contribution in [1.29, 1.82) is 0 Å². The standard InChI is InChI=1S/C12H15N3O2/c1-8-11(13-2)12(17)15(14(8)3)9-4-6-10(16)7-5-9/h4-7,13,16H,1-3H3. The zero-order chi connectivity index (χ0) is 12.6. The van der Waals surface area contributed by atoms with Crippen molar-refractivity contribution >= 4 is 5.69 Å². The molecule has 0 saturated heterocycles. The van der Waals surface area contributed by atoms with E-state index < -0.39 is 0 Å². The summed E-state index contributed by atoms with van der Waals surface area (Å²) in [5, 5.41) is 12.1. The molecule has 17 heavy (non-hydrogen) atoms. The third-order valence-corrected chi connectivity index (χ3v) is 2.90. The Kier molecular flexibility index (Phi) is 2.67. The number of aromatic nitrogens is 2. The molecule has 0 atom stereocenters. The predicted molar refractivity (Wildman–Crippen MR) is 67.0 cm³/mol. The lowest BCUT2D eigenvalue weighted by atomic mass is 10.3. The summed E-state index contributed by atoms with van der Waals surface area (Å²) in [6.45, 7) is 1.88. The maximum Gasteiger partial charge on any atom is 0.295 e. The third-order valence-electron chi connectivity index (χ3n) is 2.90. The summed E-state index contributed by atoms with van der Waals surface area (Å²) in [7, 11) is 3.55. The first kappa shape index (κ1) is 11.3. The van der Waals surface area contributed by atoms with E-state index in [4.69, 9.17) is 0 Å². The second-order valence-electron chi connectivity index (χ2n) is 3.87. The minimum absolute atomic E-state index is 0.0989. The number of rotatable bonds is 2. The molecule has 0 aliphatic carbocycles. The monoisotopic (exact) mass is 233 g/mol.